The SMILES string of the molecule is COc1cc(C#N)ccc1OCCCC(=O)NCc1ccc(CN2CCCCCC2)cc1. The molecular formula is C26H33N3O3. The van der Waals surface area contributed by atoms with E-state index in [1.54, 1.807) is 18.2 Å². The Balaban J connectivity index is 1.34. The highest BCUT2D eigenvalue weighted by atomic mass is 16.5. The van der Waals surface area contributed by atoms with Gasteiger partial charge in [0.1, 0.15) is 0 Å². The lowest BCUT2D eigenvalue weighted by molar-refractivity contribution is -0.121. The summed E-state index contributed by atoms with van der Waals surface area (Å²) in [7, 11) is 1.54. The number of rotatable bonds is 10. The quantitative estimate of drug-likeness (QED) is 0.559. The van der Waals surface area contributed by atoms with Crippen LogP contribution in [0.15, 0.2) is 42.5 Å². The Bertz CT molecular complexity index is 898. The summed E-state index contributed by atoms with van der Waals surface area (Å²) in [5.74, 6) is 1.11. The molecule has 1 heterocycles. The van der Waals surface area contributed by atoms with Crippen LogP contribution in [0.2, 0.25) is 0 Å². The molecule has 170 valence electrons. The lowest BCUT2D eigenvalue weighted by Crippen LogP contribution is -2.24. The molecule has 0 saturated carbocycles. The van der Waals surface area contributed by atoms with Gasteiger partial charge in [0.25, 0.3) is 0 Å². The average Bonchev–Trinajstić information content (AvgIpc) is 3.10. The van der Waals surface area contributed by atoms with Crippen LogP contribution in [0.3, 0.4) is 0 Å². The molecule has 0 bridgehead atoms. The van der Waals surface area contributed by atoms with E-state index in [-0.39, 0.29) is 5.91 Å². The van der Waals surface area contributed by atoms with Crippen LogP contribution < -0.4 is 14.8 Å². The first-order valence-electron chi connectivity index (χ1n) is 11.5. The lowest BCUT2D eigenvalue weighted by atomic mass is 10.1. The van der Waals surface area contributed by atoms with Crippen LogP contribution in [0.4, 0.5) is 0 Å². The summed E-state index contributed by atoms with van der Waals surface area (Å²) < 4.78 is 11.0. The van der Waals surface area contributed by atoms with E-state index < -0.39 is 0 Å². The number of amides is 1. The van der Waals surface area contributed by atoms with Crippen molar-refractivity contribution in [1.29, 1.82) is 5.26 Å². The minimum absolute atomic E-state index is 0.00837. The van der Waals surface area contributed by atoms with Gasteiger partial charge in [-0.15, -0.1) is 0 Å². The fourth-order valence-corrected chi connectivity index (χ4v) is 3.88. The number of hydrogen-bond donors (Lipinski definition) is 1. The Kier molecular flexibility index (Phi) is 9.39. The fraction of sp³-hybridized carbons (Fsp3) is 0.462. The molecule has 0 spiro atoms. The van der Waals surface area contributed by atoms with Crippen molar-refractivity contribution in [2.24, 2.45) is 0 Å². The lowest BCUT2D eigenvalue weighted by Gasteiger charge is -2.19. The molecule has 0 aliphatic carbocycles. The number of ether oxygens (including phenoxy) is 2. The highest BCUT2D eigenvalue weighted by Crippen LogP contribution is 2.28. The summed E-state index contributed by atoms with van der Waals surface area (Å²) in [6.07, 6.45) is 6.30. The van der Waals surface area contributed by atoms with E-state index in [0.29, 0.717) is 43.1 Å². The molecule has 0 atom stereocenters. The summed E-state index contributed by atoms with van der Waals surface area (Å²) in [5, 5.41) is 11.9. The Labute approximate surface area is 191 Å². The normalized spacial score (nSPS) is 14.2. The number of hydrogen-bond acceptors (Lipinski definition) is 5. The molecule has 1 aliphatic heterocycles. The first-order chi connectivity index (χ1) is 15.7. The predicted molar refractivity (Wildman–Crippen MR) is 124 cm³/mol. The first-order valence-corrected chi connectivity index (χ1v) is 11.5. The minimum Gasteiger partial charge on any atom is -0.493 e. The Hall–Kier alpha value is -3.04. The minimum atomic E-state index is 0.00837. The van der Waals surface area contributed by atoms with E-state index in [1.807, 2.05) is 0 Å². The molecule has 1 fully saturated rings. The van der Waals surface area contributed by atoms with Crippen molar-refractivity contribution in [3.8, 4) is 17.6 Å². The highest BCUT2D eigenvalue weighted by molar-refractivity contribution is 5.75. The topological polar surface area (TPSA) is 74.6 Å². The summed E-state index contributed by atoms with van der Waals surface area (Å²) in [4.78, 5) is 14.7. The molecule has 1 aliphatic rings. The van der Waals surface area contributed by atoms with Gasteiger partial charge < -0.3 is 14.8 Å². The fourth-order valence-electron chi connectivity index (χ4n) is 3.88. The van der Waals surface area contributed by atoms with Crippen molar-refractivity contribution >= 4 is 5.91 Å². The molecule has 1 N–H and O–H groups in total. The molecule has 2 aromatic carbocycles. The maximum atomic E-state index is 12.2. The van der Waals surface area contributed by atoms with Crippen molar-refractivity contribution < 1.29 is 14.3 Å². The highest BCUT2D eigenvalue weighted by Gasteiger charge is 2.10. The molecule has 0 unspecified atom stereocenters. The van der Waals surface area contributed by atoms with Crippen LogP contribution in [0.25, 0.3) is 0 Å². The third-order valence-electron chi connectivity index (χ3n) is 5.72. The molecule has 0 aromatic heterocycles. The van der Waals surface area contributed by atoms with Crippen molar-refractivity contribution in [3.63, 3.8) is 0 Å². The van der Waals surface area contributed by atoms with Gasteiger partial charge >= 0.3 is 0 Å². The number of carbonyl (C=O) groups excluding carboxylic acids is 1. The molecule has 32 heavy (non-hydrogen) atoms. The molecule has 6 nitrogen and oxygen atoms in total. The second-order valence-corrected chi connectivity index (χ2v) is 8.21. The van der Waals surface area contributed by atoms with Crippen LogP contribution in [0.1, 0.15) is 55.2 Å². The first kappa shape index (κ1) is 23.6. The predicted octanol–water partition coefficient (Wildman–Crippen LogP) is 4.42. The third kappa shape index (κ3) is 7.58. The van der Waals surface area contributed by atoms with E-state index in [4.69, 9.17) is 14.7 Å². The molecule has 1 saturated heterocycles. The summed E-state index contributed by atoms with van der Waals surface area (Å²) in [6.45, 7) is 4.34. The third-order valence-corrected chi connectivity index (χ3v) is 5.72. The monoisotopic (exact) mass is 435 g/mol. The smallest absolute Gasteiger partial charge is 0.220 e. The van der Waals surface area contributed by atoms with Gasteiger partial charge in [-0.25, -0.2) is 0 Å². The molecule has 1 amide bonds. The van der Waals surface area contributed by atoms with Crippen molar-refractivity contribution in [2.75, 3.05) is 26.8 Å². The van der Waals surface area contributed by atoms with E-state index in [2.05, 4.69) is 40.6 Å². The summed E-state index contributed by atoms with van der Waals surface area (Å²) in [5.41, 5.74) is 2.96. The Morgan fingerprint density at radius 1 is 1.03 bits per heavy atom. The van der Waals surface area contributed by atoms with Gasteiger partial charge in [-0.05, 0) is 55.6 Å². The Morgan fingerprint density at radius 3 is 2.44 bits per heavy atom. The van der Waals surface area contributed by atoms with E-state index in [1.165, 1.54) is 51.4 Å². The van der Waals surface area contributed by atoms with Crippen molar-refractivity contribution in [2.45, 2.75) is 51.6 Å². The molecule has 0 radical (unpaired) electrons. The van der Waals surface area contributed by atoms with E-state index >= 15 is 0 Å². The van der Waals surface area contributed by atoms with Crippen LogP contribution in [0.5, 0.6) is 11.5 Å². The van der Waals surface area contributed by atoms with Gasteiger partial charge in [0.05, 0.1) is 25.3 Å². The molecule has 2 aromatic rings. The van der Waals surface area contributed by atoms with E-state index in [9.17, 15) is 4.79 Å². The largest absolute Gasteiger partial charge is 0.493 e. The number of nitrogens with zero attached hydrogens (tertiary/aromatic N) is 2. The average molecular weight is 436 g/mol. The maximum Gasteiger partial charge on any atom is 0.220 e. The number of benzene rings is 2. The Morgan fingerprint density at radius 2 is 1.75 bits per heavy atom. The molecule has 6 heteroatoms. The van der Waals surface area contributed by atoms with Crippen LogP contribution in [-0.2, 0) is 17.9 Å². The van der Waals surface area contributed by atoms with Crippen molar-refractivity contribution in [3.05, 3.63) is 59.2 Å². The van der Waals surface area contributed by atoms with Crippen LogP contribution >= 0.6 is 0 Å². The standard InChI is InChI=1S/C26H33N3O3/c1-31-25-17-23(18-27)12-13-24(25)32-16-6-7-26(30)28-19-21-8-10-22(11-9-21)20-29-14-4-2-3-5-15-29/h8-13,17H,2-7,14-16,19-20H2,1H3,(H,28,30). The second-order valence-electron chi connectivity index (χ2n) is 8.21. The van der Waals surface area contributed by atoms with Gasteiger partial charge in [-0.3, -0.25) is 9.69 Å². The number of likely N-dealkylation sites (tertiary alicyclic amines) is 1. The molecule has 3 rings (SSSR count). The summed E-state index contributed by atoms with van der Waals surface area (Å²) in [6, 6.07) is 15.7. The zero-order valence-electron chi connectivity index (χ0n) is 18.9. The molecular weight excluding hydrogens is 402 g/mol. The maximum absolute atomic E-state index is 12.2. The number of carbonyl (C=O) groups is 1. The zero-order valence-corrected chi connectivity index (χ0v) is 18.9. The van der Waals surface area contributed by atoms with Gasteiger partial charge in [-0.1, -0.05) is 37.1 Å². The van der Waals surface area contributed by atoms with Gasteiger partial charge in [0.2, 0.25) is 5.91 Å². The summed E-state index contributed by atoms with van der Waals surface area (Å²) >= 11 is 0. The van der Waals surface area contributed by atoms with Gasteiger partial charge in [-0.2, -0.15) is 5.26 Å². The van der Waals surface area contributed by atoms with Crippen molar-refractivity contribution in [1.82, 2.24) is 10.2 Å². The van der Waals surface area contributed by atoms with Crippen LogP contribution in [0, 0.1) is 11.3 Å². The number of nitrogens with one attached hydrogen (secondary N) is 1. The second kappa shape index (κ2) is 12.7. The zero-order chi connectivity index (χ0) is 22.6. The van der Waals surface area contributed by atoms with Gasteiger partial charge in [0.15, 0.2) is 11.5 Å². The van der Waals surface area contributed by atoms with Crippen LogP contribution in [-0.4, -0.2) is 37.6 Å². The number of nitriles is 1. The van der Waals surface area contributed by atoms with Gasteiger partial charge in [0, 0.05) is 25.6 Å². The number of methoxy groups -OCH3 is 1. The van der Waals surface area contributed by atoms with E-state index in [0.717, 1.165) is 12.1 Å².